The number of carbonyl (C=O) groups excluding carboxylic acids is 1. The normalized spacial score (nSPS) is 20.7. The lowest BCUT2D eigenvalue weighted by Gasteiger charge is -2.32. The minimum Gasteiger partial charge on any atom is -0.342 e. The third-order valence-corrected chi connectivity index (χ3v) is 5.06. The van der Waals surface area contributed by atoms with Crippen LogP contribution >= 0.6 is 0 Å². The van der Waals surface area contributed by atoms with Gasteiger partial charge in [-0.2, -0.15) is 4.98 Å². The van der Waals surface area contributed by atoms with Crippen molar-refractivity contribution >= 4 is 5.91 Å². The summed E-state index contributed by atoms with van der Waals surface area (Å²) in [7, 11) is 0. The number of aromatic nitrogens is 2. The van der Waals surface area contributed by atoms with Crippen LogP contribution in [0.3, 0.4) is 0 Å². The zero-order valence-electron chi connectivity index (χ0n) is 14.2. The molecule has 2 aromatic rings. The average Bonchev–Trinajstić information content (AvgIpc) is 3.37. The summed E-state index contributed by atoms with van der Waals surface area (Å²) in [4.78, 5) is 18.9. The summed E-state index contributed by atoms with van der Waals surface area (Å²) in [6.45, 7) is 1.41. The second-order valence-corrected chi connectivity index (χ2v) is 7.14. The average molecular weight is 343 g/mol. The van der Waals surface area contributed by atoms with Crippen molar-refractivity contribution in [3.8, 4) is 0 Å². The van der Waals surface area contributed by atoms with Crippen LogP contribution in [0.25, 0.3) is 0 Å². The molecule has 2 heterocycles. The van der Waals surface area contributed by atoms with E-state index in [0.29, 0.717) is 36.3 Å². The molecule has 2 fully saturated rings. The second kappa shape index (κ2) is 6.94. The van der Waals surface area contributed by atoms with E-state index in [0.717, 1.165) is 38.1 Å². The summed E-state index contributed by atoms with van der Waals surface area (Å²) in [6, 6.07) is 6.47. The lowest BCUT2D eigenvalue weighted by Crippen LogP contribution is -2.41. The lowest BCUT2D eigenvalue weighted by molar-refractivity contribution is -0.132. The van der Waals surface area contributed by atoms with Gasteiger partial charge in [0.25, 0.3) is 0 Å². The fourth-order valence-electron chi connectivity index (χ4n) is 3.48. The van der Waals surface area contributed by atoms with Gasteiger partial charge >= 0.3 is 0 Å². The van der Waals surface area contributed by atoms with Crippen molar-refractivity contribution in [2.75, 3.05) is 13.1 Å². The maximum absolute atomic E-state index is 13.8. The Kier molecular flexibility index (Phi) is 4.51. The molecule has 1 aliphatic heterocycles. The molecule has 1 amide bonds. The first-order chi connectivity index (χ1) is 12.2. The number of hydrogen-bond donors (Lipinski definition) is 0. The van der Waals surface area contributed by atoms with Crippen LogP contribution in [0.5, 0.6) is 0 Å². The summed E-state index contributed by atoms with van der Waals surface area (Å²) in [5, 5.41) is 4.06. The third kappa shape index (κ3) is 3.89. The number of hydrogen-bond acceptors (Lipinski definition) is 4. The molecule has 1 saturated carbocycles. The van der Waals surface area contributed by atoms with Crippen LogP contribution < -0.4 is 0 Å². The Morgan fingerprint density at radius 1 is 1.28 bits per heavy atom. The molecule has 4 rings (SSSR count). The van der Waals surface area contributed by atoms with Gasteiger partial charge in [-0.05, 0) is 43.2 Å². The van der Waals surface area contributed by atoms with Crippen molar-refractivity contribution in [1.82, 2.24) is 15.0 Å². The summed E-state index contributed by atoms with van der Waals surface area (Å²) in [5.74, 6) is 1.99. The minimum atomic E-state index is -0.317. The number of rotatable bonds is 5. The summed E-state index contributed by atoms with van der Waals surface area (Å²) < 4.78 is 19.1. The van der Waals surface area contributed by atoms with Gasteiger partial charge < -0.3 is 9.42 Å². The first-order valence-corrected chi connectivity index (χ1v) is 9.02. The number of benzene rings is 1. The zero-order valence-corrected chi connectivity index (χ0v) is 14.2. The molecular weight excluding hydrogens is 321 g/mol. The SMILES string of the molecule is O=C(Cc1ccccc1F)N1CCCC(Cc2nc(C3CC3)no2)C1. The van der Waals surface area contributed by atoms with E-state index in [1.807, 2.05) is 4.90 Å². The van der Waals surface area contributed by atoms with Gasteiger partial charge in [0.2, 0.25) is 11.8 Å². The fourth-order valence-corrected chi connectivity index (χ4v) is 3.48. The number of likely N-dealkylation sites (tertiary alicyclic amines) is 1. The van der Waals surface area contributed by atoms with E-state index in [2.05, 4.69) is 10.1 Å². The Morgan fingerprint density at radius 3 is 2.92 bits per heavy atom. The quantitative estimate of drug-likeness (QED) is 0.837. The van der Waals surface area contributed by atoms with Crippen molar-refractivity contribution in [2.45, 2.75) is 44.4 Å². The molecule has 2 aliphatic rings. The van der Waals surface area contributed by atoms with Crippen LogP contribution in [0.1, 0.15) is 48.9 Å². The van der Waals surface area contributed by atoms with Crippen LogP contribution in [0.2, 0.25) is 0 Å². The summed E-state index contributed by atoms with van der Waals surface area (Å²) in [6.07, 6.45) is 5.14. The number of halogens is 1. The molecule has 1 atom stereocenters. The van der Waals surface area contributed by atoms with Crippen LogP contribution in [0, 0.1) is 11.7 Å². The molecule has 132 valence electrons. The van der Waals surface area contributed by atoms with Gasteiger partial charge in [0.05, 0.1) is 6.42 Å². The Balaban J connectivity index is 1.35. The molecule has 0 radical (unpaired) electrons. The van der Waals surface area contributed by atoms with Crippen LogP contribution in [0.15, 0.2) is 28.8 Å². The van der Waals surface area contributed by atoms with E-state index < -0.39 is 0 Å². The highest BCUT2D eigenvalue weighted by Crippen LogP contribution is 2.38. The van der Waals surface area contributed by atoms with E-state index in [9.17, 15) is 9.18 Å². The van der Waals surface area contributed by atoms with Crippen LogP contribution in [0.4, 0.5) is 4.39 Å². The number of carbonyl (C=O) groups is 1. The van der Waals surface area contributed by atoms with Crippen molar-refractivity contribution < 1.29 is 13.7 Å². The Hall–Kier alpha value is -2.24. The third-order valence-electron chi connectivity index (χ3n) is 5.06. The fraction of sp³-hybridized carbons (Fsp3) is 0.526. The molecule has 0 spiro atoms. The van der Waals surface area contributed by atoms with Crippen LogP contribution in [-0.2, 0) is 17.6 Å². The zero-order chi connectivity index (χ0) is 17.2. The first-order valence-electron chi connectivity index (χ1n) is 9.02. The summed E-state index contributed by atoms with van der Waals surface area (Å²) >= 11 is 0. The maximum Gasteiger partial charge on any atom is 0.227 e. The van der Waals surface area contributed by atoms with Gasteiger partial charge in [-0.15, -0.1) is 0 Å². The molecule has 1 aliphatic carbocycles. The molecule has 5 nitrogen and oxygen atoms in total. The van der Waals surface area contributed by atoms with Crippen molar-refractivity contribution in [1.29, 1.82) is 0 Å². The molecule has 1 aromatic heterocycles. The molecule has 0 N–H and O–H groups in total. The lowest BCUT2D eigenvalue weighted by atomic mass is 9.94. The van der Waals surface area contributed by atoms with Gasteiger partial charge in [-0.1, -0.05) is 23.4 Å². The van der Waals surface area contributed by atoms with Crippen molar-refractivity contribution in [3.05, 3.63) is 47.4 Å². The molecule has 1 saturated heterocycles. The monoisotopic (exact) mass is 343 g/mol. The van der Waals surface area contributed by atoms with Gasteiger partial charge in [0.1, 0.15) is 5.82 Å². The standard InChI is InChI=1S/C19H22FN3O2/c20-16-6-2-1-5-15(16)11-18(24)23-9-3-4-13(12-23)10-17-21-19(22-25-17)14-7-8-14/h1-2,5-6,13-14H,3-4,7-12H2. The van der Waals surface area contributed by atoms with Gasteiger partial charge in [-0.25, -0.2) is 4.39 Å². The molecular formula is C19H22FN3O2. The Morgan fingerprint density at radius 2 is 2.12 bits per heavy atom. The molecule has 1 unspecified atom stereocenters. The van der Waals surface area contributed by atoms with Crippen molar-refractivity contribution in [3.63, 3.8) is 0 Å². The highest BCUT2D eigenvalue weighted by molar-refractivity contribution is 5.78. The highest BCUT2D eigenvalue weighted by Gasteiger charge is 2.30. The second-order valence-electron chi connectivity index (χ2n) is 7.14. The van der Waals surface area contributed by atoms with Crippen molar-refractivity contribution in [2.24, 2.45) is 5.92 Å². The van der Waals surface area contributed by atoms with Gasteiger partial charge in [0, 0.05) is 25.4 Å². The van der Waals surface area contributed by atoms with Gasteiger partial charge in [0.15, 0.2) is 5.82 Å². The minimum absolute atomic E-state index is 0.0148. The predicted octanol–water partition coefficient (Wildman–Crippen LogP) is 3.11. The van der Waals surface area contributed by atoms with Crippen LogP contribution in [-0.4, -0.2) is 34.0 Å². The number of nitrogens with zero attached hydrogens (tertiary/aromatic N) is 3. The largest absolute Gasteiger partial charge is 0.342 e. The topological polar surface area (TPSA) is 59.2 Å². The highest BCUT2D eigenvalue weighted by atomic mass is 19.1. The first kappa shape index (κ1) is 16.2. The maximum atomic E-state index is 13.8. The predicted molar refractivity (Wildman–Crippen MR) is 89.4 cm³/mol. The van der Waals surface area contributed by atoms with Gasteiger partial charge in [-0.3, -0.25) is 4.79 Å². The smallest absolute Gasteiger partial charge is 0.227 e. The molecule has 0 bridgehead atoms. The molecule has 6 heteroatoms. The van der Waals surface area contributed by atoms with E-state index in [1.165, 1.54) is 6.07 Å². The van der Waals surface area contributed by atoms with E-state index in [-0.39, 0.29) is 18.1 Å². The number of piperidine rings is 1. The Labute approximate surface area is 146 Å². The molecule has 25 heavy (non-hydrogen) atoms. The van der Waals surface area contributed by atoms with E-state index in [4.69, 9.17) is 4.52 Å². The summed E-state index contributed by atoms with van der Waals surface area (Å²) in [5.41, 5.74) is 0.459. The van der Waals surface area contributed by atoms with E-state index >= 15 is 0 Å². The van der Waals surface area contributed by atoms with E-state index in [1.54, 1.807) is 18.2 Å². The molecule has 1 aromatic carbocycles. The Bertz CT molecular complexity index is 757. The number of amides is 1.